The van der Waals surface area contributed by atoms with E-state index in [1.807, 2.05) is 67.8 Å². The minimum Gasteiger partial charge on any atom is -0.266 e. The van der Waals surface area contributed by atoms with Gasteiger partial charge in [-0.05, 0) is 42.5 Å². The summed E-state index contributed by atoms with van der Waals surface area (Å²) in [6.45, 7) is 2.01. The molecule has 4 aromatic rings. The lowest BCUT2D eigenvalue weighted by atomic mass is 10.1. The fourth-order valence-corrected chi connectivity index (χ4v) is 3.94. The van der Waals surface area contributed by atoms with Gasteiger partial charge in [0, 0.05) is 10.5 Å². The van der Waals surface area contributed by atoms with Gasteiger partial charge < -0.3 is 0 Å². The molecule has 0 radical (unpaired) electrons. The highest BCUT2D eigenvalue weighted by molar-refractivity contribution is 7.98. The first-order chi connectivity index (χ1) is 12.2. The van der Waals surface area contributed by atoms with Crippen LogP contribution in [0.5, 0.6) is 0 Å². The molecule has 0 aliphatic carbocycles. The monoisotopic (exact) mass is 365 g/mol. The van der Waals surface area contributed by atoms with Crippen molar-refractivity contribution in [3.05, 3.63) is 74.5 Å². The molecule has 0 fully saturated rings. The lowest BCUT2D eigenvalue weighted by Gasteiger charge is -1.98. The van der Waals surface area contributed by atoms with Crippen LogP contribution in [0.4, 0.5) is 0 Å². The number of aromatic nitrogens is 3. The Hall–Kier alpha value is -2.44. The highest BCUT2D eigenvalue weighted by Crippen LogP contribution is 2.20. The molecular weight excluding hydrogens is 350 g/mol. The Morgan fingerprint density at radius 2 is 1.88 bits per heavy atom. The molecule has 4 rings (SSSR count). The van der Waals surface area contributed by atoms with Gasteiger partial charge in [-0.1, -0.05) is 47.7 Å². The average Bonchev–Trinajstić information content (AvgIpc) is 3.16. The van der Waals surface area contributed by atoms with Gasteiger partial charge in [-0.25, -0.2) is 0 Å². The molecule has 25 heavy (non-hydrogen) atoms. The van der Waals surface area contributed by atoms with Crippen LogP contribution in [0.1, 0.15) is 11.1 Å². The molecular formula is C19H15N3OS2. The summed E-state index contributed by atoms with van der Waals surface area (Å²) in [7, 11) is 0. The maximum absolute atomic E-state index is 12.6. The molecule has 2 heterocycles. The molecule has 0 bridgehead atoms. The van der Waals surface area contributed by atoms with Crippen molar-refractivity contribution in [2.24, 2.45) is 0 Å². The summed E-state index contributed by atoms with van der Waals surface area (Å²) < 4.78 is 2.04. The minimum atomic E-state index is -0.124. The molecule has 0 aliphatic heterocycles. The van der Waals surface area contributed by atoms with Crippen LogP contribution in [0.25, 0.3) is 22.4 Å². The molecule has 0 aliphatic rings. The van der Waals surface area contributed by atoms with E-state index in [9.17, 15) is 4.79 Å². The summed E-state index contributed by atoms with van der Waals surface area (Å²) in [4.78, 5) is 19.0. The first-order valence-electron chi connectivity index (χ1n) is 7.77. The van der Waals surface area contributed by atoms with Crippen LogP contribution in [0.3, 0.4) is 0 Å². The van der Waals surface area contributed by atoms with Crippen molar-refractivity contribution < 1.29 is 0 Å². The van der Waals surface area contributed by atoms with Crippen LogP contribution in [0.15, 0.2) is 58.2 Å². The Labute approximate surface area is 152 Å². The van der Waals surface area contributed by atoms with Gasteiger partial charge in [0.15, 0.2) is 5.82 Å². The van der Waals surface area contributed by atoms with E-state index in [2.05, 4.69) is 10.1 Å². The molecule has 0 unspecified atom stereocenters. The topological polar surface area (TPSA) is 47.3 Å². The molecule has 0 saturated carbocycles. The number of thiazole rings is 1. The molecule has 0 spiro atoms. The number of hydrogen-bond donors (Lipinski definition) is 0. The second kappa shape index (κ2) is 6.46. The van der Waals surface area contributed by atoms with E-state index < -0.39 is 0 Å². The van der Waals surface area contributed by atoms with Crippen molar-refractivity contribution in [2.75, 3.05) is 6.26 Å². The van der Waals surface area contributed by atoms with Crippen LogP contribution in [-0.4, -0.2) is 20.9 Å². The second-order valence-electron chi connectivity index (χ2n) is 5.63. The maximum atomic E-state index is 12.6. The molecule has 0 atom stereocenters. The zero-order valence-corrected chi connectivity index (χ0v) is 15.4. The van der Waals surface area contributed by atoms with E-state index in [1.165, 1.54) is 20.7 Å². The van der Waals surface area contributed by atoms with Gasteiger partial charge >= 0.3 is 0 Å². The molecule has 2 aromatic heterocycles. The van der Waals surface area contributed by atoms with E-state index in [0.717, 1.165) is 16.7 Å². The molecule has 4 nitrogen and oxygen atoms in total. The van der Waals surface area contributed by atoms with Crippen molar-refractivity contribution in [1.29, 1.82) is 0 Å². The highest BCUT2D eigenvalue weighted by Gasteiger charge is 2.13. The van der Waals surface area contributed by atoms with E-state index in [4.69, 9.17) is 0 Å². The third-order valence-electron chi connectivity index (χ3n) is 3.98. The quantitative estimate of drug-likeness (QED) is 0.522. The first-order valence-corrected chi connectivity index (χ1v) is 9.81. The van der Waals surface area contributed by atoms with Gasteiger partial charge in [-0.15, -0.1) is 16.9 Å². The molecule has 0 N–H and O–H groups in total. The number of fused-ring (bicyclic) bond motifs is 1. The summed E-state index contributed by atoms with van der Waals surface area (Å²) in [5.74, 6) is 0.595. The summed E-state index contributed by atoms with van der Waals surface area (Å²) in [6.07, 6.45) is 3.93. The zero-order chi connectivity index (χ0) is 17.4. The van der Waals surface area contributed by atoms with E-state index >= 15 is 0 Å². The Bertz CT molecular complexity index is 1160. The van der Waals surface area contributed by atoms with Gasteiger partial charge in [0.25, 0.3) is 5.56 Å². The van der Waals surface area contributed by atoms with Crippen LogP contribution in [0, 0.1) is 6.92 Å². The van der Waals surface area contributed by atoms with Crippen LogP contribution in [0.2, 0.25) is 0 Å². The van der Waals surface area contributed by atoms with Crippen molar-refractivity contribution in [3.8, 4) is 11.4 Å². The molecule has 124 valence electrons. The number of rotatable bonds is 3. The number of hydrogen-bond acceptors (Lipinski definition) is 5. The van der Waals surface area contributed by atoms with Gasteiger partial charge in [0.1, 0.15) is 0 Å². The fourth-order valence-electron chi connectivity index (χ4n) is 2.62. The summed E-state index contributed by atoms with van der Waals surface area (Å²) in [5, 5.41) is 4.41. The second-order valence-corrected chi connectivity index (χ2v) is 7.52. The van der Waals surface area contributed by atoms with Gasteiger partial charge in [-0.3, -0.25) is 4.79 Å². The molecule has 0 saturated heterocycles. The Balaban J connectivity index is 1.79. The number of benzene rings is 2. The van der Waals surface area contributed by atoms with Gasteiger partial charge in [0.05, 0.1) is 4.53 Å². The number of thioether (sulfide) groups is 1. The molecule has 6 heteroatoms. The number of aryl methyl sites for hydroxylation is 1. The third kappa shape index (κ3) is 2.99. The predicted molar refractivity (Wildman–Crippen MR) is 104 cm³/mol. The SMILES string of the molecule is CSc1ccc(/C=c2/sc3nc(-c4ccccc4C)nn3c2=O)cc1. The average molecular weight is 365 g/mol. The van der Waals surface area contributed by atoms with E-state index in [1.54, 1.807) is 11.8 Å². The summed E-state index contributed by atoms with van der Waals surface area (Å²) in [6, 6.07) is 16.0. The maximum Gasteiger partial charge on any atom is 0.291 e. The first kappa shape index (κ1) is 16.1. The van der Waals surface area contributed by atoms with Crippen molar-refractivity contribution in [1.82, 2.24) is 14.6 Å². The third-order valence-corrected chi connectivity index (χ3v) is 5.68. The van der Waals surface area contributed by atoms with Crippen LogP contribution in [-0.2, 0) is 0 Å². The lowest BCUT2D eigenvalue weighted by Crippen LogP contribution is -2.23. The van der Waals surface area contributed by atoms with Crippen molar-refractivity contribution in [3.63, 3.8) is 0 Å². The standard InChI is InChI=1S/C19H15N3OS2/c1-12-5-3-4-6-15(12)17-20-19-22(21-17)18(23)16(25-19)11-13-7-9-14(24-2)10-8-13/h3-11H,1-2H3/b16-11+. The van der Waals surface area contributed by atoms with E-state index in [0.29, 0.717) is 15.3 Å². The number of nitrogens with zero attached hydrogens (tertiary/aromatic N) is 3. The van der Waals surface area contributed by atoms with Crippen molar-refractivity contribution >= 4 is 34.1 Å². The predicted octanol–water partition coefficient (Wildman–Crippen LogP) is 3.40. The molecule has 2 aromatic carbocycles. The normalized spacial score (nSPS) is 12.2. The smallest absolute Gasteiger partial charge is 0.266 e. The molecule has 0 amide bonds. The Morgan fingerprint density at radius 1 is 1.12 bits per heavy atom. The van der Waals surface area contributed by atoms with Crippen LogP contribution < -0.4 is 10.1 Å². The largest absolute Gasteiger partial charge is 0.291 e. The van der Waals surface area contributed by atoms with Gasteiger partial charge in [-0.2, -0.15) is 9.50 Å². The summed E-state index contributed by atoms with van der Waals surface area (Å²) >= 11 is 3.06. The van der Waals surface area contributed by atoms with Gasteiger partial charge in [0.2, 0.25) is 4.96 Å². The Kier molecular flexibility index (Phi) is 4.15. The highest BCUT2D eigenvalue weighted by atomic mass is 32.2. The summed E-state index contributed by atoms with van der Waals surface area (Å²) in [5.41, 5.74) is 2.92. The van der Waals surface area contributed by atoms with E-state index in [-0.39, 0.29) is 5.56 Å². The van der Waals surface area contributed by atoms with Crippen molar-refractivity contribution in [2.45, 2.75) is 11.8 Å². The van der Waals surface area contributed by atoms with Crippen LogP contribution >= 0.6 is 23.1 Å². The fraction of sp³-hybridized carbons (Fsp3) is 0.105. The minimum absolute atomic E-state index is 0.124. The Morgan fingerprint density at radius 3 is 2.56 bits per heavy atom. The lowest BCUT2D eigenvalue weighted by molar-refractivity contribution is 0.936. The zero-order valence-electron chi connectivity index (χ0n) is 13.8.